The van der Waals surface area contributed by atoms with Crippen molar-refractivity contribution >= 4 is 39.0 Å². The molecule has 0 saturated carbocycles. The van der Waals surface area contributed by atoms with E-state index in [-0.39, 0.29) is 5.56 Å². The standard InChI is InChI=1S/C14H13BrN2O3/c1-20-9-3-4-11(15)13(7-9)17-12-5-2-8(16)6-10(12)14(18)19/h2-7,17H,16H2,1H3,(H,18,19). The number of ether oxygens (including phenoxy) is 1. The normalized spacial score (nSPS) is 10.1. The van der Waals surface area contributed by atoms with E-state index in [1.807, 2.05) is 6.07 Å². The maximum atomic E-state index is 11.2. The highest BCUT2D eigenvalue weighted by Gasteiger charge is 2.12. The number of rotatable bonds is 4. The number of nitrogen functional groups attached to an aromatic ring is 1. The van der Waals surface area contributed by atoms with Crippen LogP contribution in [0.1, 0.15) is 10.4 Å². The second-order valence-electron chi connectivity index (χ2n) is 4.08. The smallest absolute Gasteiger partial charge is 0.337 e. The van der Waals surface area contributed by atoms with Gasteiger partial charge < -0.3 is 20.9 Å². The number of anilines is 3. The van der Waals surface area contributed by atoms with Gasteiger partial charge in [-0.1, -0.05) is 0 Å². The number of carbonyl (C=O) groups is 1. The molecule has 0 amide bonds. The average molecular weight is 337 g/mol. The fourth-order valence-corrected chi connectivity index (χ4v) is 2.07. The molecule has 0 aromatic heterocycles. The minimum Gasteiger partial charge on any atom is -0.497 e. The molecule has 0 aliphatic rings. The van der Waals surface area contributed by atoms with Crippen molar-refractivity contribution in [1.82, 2.24) is 0 Å². The molecule has 4 N–H and O–H groups in total. The topological polar surface area (TPSA) is 84.6 Å². The number of halogens is 1. The van der Waals surface area contributed by atoms with Crippen molar-refractivity contribution in [3.05, 3.63) is 46.4 Å². The maximum absolute atomic E-state index is 11.2. The predicted octanol–water partition coefficient (Wildman–Crippen LogP) is 3.48. The van der Waals surface area contributed by atoms with E-state index in [2.05, 4.69) is 21.2 Å². The first kappa shape index (κ1) is 14.2. The minimum absolute atomic E-state index is 0.111. The third kappa shape index (κ3) is 3.03. The quantitative estimate of drug-likeness (QED) is 0.744. The van der Waals surface area contributed by atoms with E-state index >= 15 is 0 Å². The fraction of sp³-hybridized carbons (Fsp3) is 0.0714. The van der Waals surface area contributed by atoms with Crippen LogP contribution < -0.4 is 15.8 Å². The largest absolute Gasteiger partial charge is 0.497 e. The molecule has 104 valence electrons. The summed E-state index contributed by atoms with van der Waals surface area (Å²) in [6, 6.07) is 10.1. The molecule has 0 fully saturated rings. The third-order valence-corrected chi connectivity index (χ3v) is 3.41. The molecule has 0 atom stereocenters. The first-order valence-electron chi connectivity index (χ1n) is 5.74. The number of carboxylic acids is 1. The van der Waals surface area contributed by atoms with Crippen LogP contribution in [0.4, 0.5) is 17.1 Å². The first-order valence-corrected chi connectivity index (χ1v) is 6.54. The van der Waals surface area contributed by atoms with Gasteiger partial charge in [-0.3, -0.25) is 0 Å². The van der Waals surface area contributed by atoms with Crippen LogP contribution in [-0.4, -0.2) is 18.2 Å². The lowest BCUT2D eigenvalue weighted by Crippen LogP contribution is -2.04. The van der Waals surface area contributed by atoms with Crippen LogP contribution in [0.25, 0.3) is 0 Å². The van der Waals surface area contributed by atoms with Gasteiger partial charge in [0.2, 0.25) is 0 Å². The average Bonchev–Trinajstić information content (AvgIpc) is 2.42. The number of nitrogens with two attached hydrogens (primary N) is 1. The number of hydrogen-bond donors (Lipinski definition) is 3. The summed E-state index contributed by atoms with van der Waals surface area (Å²) in [5.41, 5.74) is 7.29. The molecular formula is C14H13BrN2O3. The van der Waals surface area contributed by atoms with Gasteiger partial charge in [-0.25, -0.2) is 4.79 Å². The molecule has 0 spiro atoms. The van der Waals surface area contributed by atoms with Crippen molar-refractivity contribution in [2.75, 3.05) is 18.2 Å². The van der Waals surface area contributed by atoms with Crippen molar-refractivity contribution in [2.24, 2.45) is 0 Å². The second-order valence-corrected chi connectivity index (χ2v) is 4.94. The molecule has 2 rings (SSSR count). The van der Waals surface area contributed by atoms with Gasteiger partial charge in [-0.15, -0.1) is 0 Å². The number of benzene rings is 2. The fourth-order valence-electron chi connectivity index (χ4n) is 1.72. The molecule has 0 heterocycles. The van der Waals surface area contributed by atoms with Crippen LogP contribution in [0.3, 0.4) is 0 Å². The summed E-state index contributed by atoms with van der Waals surface area (Å²) in [7, 11) is 1.57. The highest BCUT2D eigenvalue weighted by atomic mass is 79.9. The highest BCUT2D eigenvalue weighted by molar-refractivity contribution is 9.10. The van der Waals surface area contributed by atoms with Crippen LogP contribution >= 0.6 is 15.9 Å². The van der Waals surface area contributed by atoms with Crippen LogP contribution in [0.2, 0.25) is 0 Å². The molecule has 2 aromatic rings. The lowest BCUT2D eigenvalue weighted by Gasteiger charge is -2.13. The predicted molar refractivity (Wildman–Crippen MR) is 81.8 cm³/mol. The molecule has 0 aliphatic heterocycles. The van der Waals surface area contributed by atoms with Crippen LogP contribution in [0.5, 0.6) is 5.75 Å². The van der Waals surface area contributed by atoms with E-state index in [4.69, 9.17) is 10.5 Å². The molecule has 2 aromatic carbocycles. The summed E-state index contributed by atoms with van der Waals surface area (Å²) in [5.74, 6) is -0.373. The first-order chi connectivity index (χ1) is 9.51. The summed E-state index contributed by atoms with van der Waals surface area (Å²) in [6.45, 7) is 0. The third-order valence-electron chi connectivity index (χ3n) is 2.72. The highest BCUT2D eigenvalue weighted by Crippen LogP contribution is 2.31. The summed E-state index contributed by atoms with van der Waals surface area (Å²) < 4.78 is 5.94. The van der Waals surface area contributed by atoms with Crippen molar-refractivity contribution in [3.8, 4) is 5.75 Å². The summed E-state index contributed by atoms with van der Waals surface area (Å²) in [5, 5.41) is 12.3. The molecule has 6 heteroatoms. The van der Waals surface area contributed by atoms with Gasteiger partial charge in [-0.05, 0) is 46.3 Å². The van der Waals surface area contributed by atoms with E-state index in [1.165, 1.54) is 6.07 Å². The lowest BCUT2D eigenvalue weighted by molar-refractivity contribution is 0.0698. The van der Waals surface area contributed by atoms with Crippen molar-refractivity contribution < 1.29 is 14.6 Å². The molecule has 0 radical (unpaired) electrons. The van der Waals surface area contributed by atoms with E-state index in [0.717, 1.165) is 4.47 Å². The van der Waals surface area contributed by atoms with Crippen LogP contribution in [-0.2, 0) is 0 Å². The van der Waals surface area contributed by atoms with Gasteiger partial charge in [0.25, 0.3) is 0 Å². The second kappa shape index (κ2) is 5.83. The molecule has 5 nitrogen and oxygen atoms in total. The zero-order chi connectivity index (χ0) is 14.7. The van der Waals surface area contributed by atoms with Gasteiger partial charge in [0.15, 0.2) is 0 Å². The van der Waals surface area contributed by atoms with E-state index in [9.17, 15) is 9.90 Å². The summed E-state index contributed by atoms with van der Waals surface area (Å²) >= 11 is 3.40. The minimum atomic E-state index is -1.04. The van der Waals surface area contributed by atoms with Crippen molar-refractivity contribution in [2.45, 2.75) is 0 Å². The van der Waals surface area contributed by atoms with E-state index in [1.54, 1.807) is 31.4 Å². The Morgan fingerprint density at radius 3 is 2.65 bits per heavy atom. The zero-order valence-electron chi connectivity index (χ0n) is 10.7. The monoisotopic (exact) mass is 336 g/mol. The number of methoxy groups -OCH3 is 1. The van der Waals surface area contributed by atoms with Gasteiger partial charge in [-0.2, -0.15) is 0 Å². The van der Waals surface area contributed by atoms with Gasteiger partial charge >= 0.3 is 5.97 Å². The van der Waals surface area contributed by atoms with E-state index in [0.29, 0.717) is 22.8 Å². The van der Waals surface area contributed by atoms with E-state index < -0.39 is 5.97 Å². The zero-order valence-corrected chi connectivity index (χ0v) is 12.3. The van der Waals surface area contributed by atoms with Crippen molar-refractivity contribution in [1.29, 1.82) is 0 Å². The summed E-state index contributed by atoms with van der Waals surface area (Å²) in [4.78, 5) is 11.2. The van der Waals surface area contributed by atoms with Gasteiger partial charge in [0, 0.05) is 16.2 Å². The maximum Gasteiger partial charge on any atom is 0.337 e. The van der Waals surface area contributed by atoms with Gasteiger partial charge in [0.1, 0.15) is 5.75 Å². The Morgan fingerprint density at radius 2 is 2.00 bits per heavy atom. The van der Waals surface area contributed by atoms with Crippen molar-refractivity contribution in [3.63, 3.8) is 0 Å². The lowest BCUT2D eigenvalue weighted by atomic mass is 10.1. The molecule has 0 aliphatic carbocycles. The Labute approximate surface area is 124 Å². The molecule has 0 saturated heterocycles. The Bertz CT molecular complexity index is 659. The molecule has 20 heavy (non-hydrogen) atoms. The van der Waals surface area contributed by atoms with Crippen LogP contribution in [0.15, 0.2) is 40.9 Å². The number of nitrogens with one attached hydrogen (secondary N) is 1. The molecular weight excluding hydrogens is 324 g/mol. The summed E-state index contributed by atoms with van der Waals surface area (Å²) in [6.07, 6.45) is 0. The SMILES string of the molecule is COc1ccc(Br)c(Nc2ccc(N)cc2C(=O)O)c1. The molecule has 0 unspecified atom stereocenters. The number of hydrogen-bond acceptors (Lipinski definition) is 4. The number of aromatic carboxylic acids is 1. The Balaban J connectivity index is 2.42. The Kier molecular flexibility index (Phi) is 4.14. The van der Waals surface area contributed by atoms with Gasteiger partial charge in [0.05, 0.1) is 24.0 Å². The Hall–Kier alpha value is -2.21. The van der Waals surface area contributed by atoms with Crippen LogP contribution in [0, 0.1) is 0 Å². The molecule has 0 bridgehead atoms. The number of carboxylic acid groups (broad SMARTS) is 1. The Morgan fingerprint density at radius 1 is 1.25 bits per heavy atom.